The summed E-state index contributed by atoms with van der Waals surface area (Å²) in [6, 6.07) is 0. The van der Waals surface area contributed by atoms with Crippen LogP contribution in [0.3, 0.4) is 0 Å². The van der Waals surface area contributed by atoms with Crippen LogP contribution in [0.2, 0.25) is 0 Å². The minimum Gasteiger partial charge on any atom is -0.462 e. The largest absolute Gasteiger partial charge is 0.462 e. The summed E-state index contributed by atoms with van der Waals surface area (Å²) in [5.41, 5.74) is 2.35. The average molecular weight is 609 g/mol. The fourth-order valence-electron chi connectivity index (χ4n) is 6.43. The van der Waals surface area contributed by atoms with Gasteiger partial charge in [-0.2, -0.15) is 0 Å². The molecule has 9 heteroatoms. The van der Waals surface area contributed by atoms with E-state index < -0.39 is 17.8 Å². The van der Waals surface area contributed by atoms with Crippen molar-refractivity contribution in [1.82, 2.24) is 4.98 Å². The van der Waals surface area contributed by atoms with Gasteiger partial charge in [0, 0.05) is 32.3 Å². The van der Waals surface area contributed by atoms with Crippen molar-refractivity contribution in [3.05, 3.63) is 65.8 Å². The second-order valence-corrected chi connectivity index (χ2v) is 13.0. The molecule has 2 bridgehead atoms. The first-order valence-electron chi connectivity index (χ1n) is 15.7. The van der Waals surface area contributed by atoms with Gasteiger partial charge in [-0.3, -0.25) is 4.79 Å². The van der Waals surface area contributed by atoms with Gasteiger partial charge in [-0.1, -0.05) is 44.2 Å². The molecule has 5 heterocycles. The summed E-state index contributed by atoms with van der Waals surface area (Å²) in [6.07, 6.45) is 16.2. The first-order chi connectivity index (χ1) is 21.0. The summed E-state index contributed by atoms with van der Waals surface area (Å²) in [7, 11) is 1.68. The zero-order valence-corrected chi connectivity index (χ0v) is 26.9. The topological polar surface area (TPSA) is 113 Å². The molecular weight excluding hydrogens is 562 g/mol. The molecule has 44 heavy (non-hydrogen) atoms. The number of aryl methyl sites for hydroxylation is 1. The highest BCUT2D eigenvalue weighted by molar-refractivity contribution is 5.78. The molecule has 0 aromatic carbocycles. The van der Waals surface area contributed by atoms with Gasteiger partial charge in [0.25, 0.3) is 0 Å². The molecule has 1 radical (unpaired) electrons. The van der Waals surface area contributed by atoms with Crippen LogP contribution >= 0.6 is 0 Å². The Morgan fingerprint density at radius 2 is 1.93 bits per heavy atom. The van der Waals surface area contributed by atoms with E-state index in [2.05, 4.69) is 30.5 Å². The summed E-state index contributed by atoms with van der Waals surface area (Å²) in [6.45, 7) is 12.0. The Kier molecular flexibility index (Phi) is 9.97. The van der Waals surface area contributed by atoms with E-state index in [0.29, 0.717) is 25.2 Å². The second kappa shape index (κ2) is 13.5. The number of esters is 2. The third-order valence-electron chi connectivity index (χ3n) is 9.27. The summed E-state index contributed by atoms with van der Waals surface area (Å²) in [5, 5.41) is 0. The van der Waals surface area contributed by atoms with Crippen LogP contribution in [0.15, 0.2) is 52.2 Å². The van der Waals surface area contributed by atoms with E-state index in [4.69, 9.17) is 28.1 Å². The van der Waals surface area contributed by atoms with Crippen LogP contribution in [0.4, 0.5) is 0 Å². The van der Waals surface area contributed by atoms with E-state index in [9.17, 15) is 9.59 Å². The third kappa shape index (κ3) is 7.98. The standard InChI is InChI=1S/C35H46NO8/c1-20(15-26-19-40-24(5)36-26)9-8-10-22(3)32(39-7)23(4)27-13-14-35(6)30(44-35)12-11-21(2)28-16-25(18-31(37)41-28)17-29-33(42-29)34(38)43-27/h8-12,14-15,19,21,23,25,27-30,32-33H,13,16-18H2,1-7H3/b9-8+,12-11+,20-15+,22-10+/t21-,23+,25-,27-,28-,29-,30-,32+,33-,35-/m1/s1. The van der Waals surface area contributed by atoms with Gasteiger partial charge in [0.2, 0.25) is 0 Å². The molecule has 0 spiro atoms. The first kappa shape index (κ1) is 32.4. The predicted molar refractivity (Wildman–Crippen MR) is 164 cm³/mol. The minimum atomic E-state index is -0.615. The van der Waals surface area contributed by atoms with Gasteiger partial charge >= 0.3 is 11.9 Å². The smallest absolute Gasteiger partial charge is 0.338 e. The highest BCUT2D eigenvalue weighted by Gasteiger charge is 2.53. The Morgan fingerprint density at radius 1 is 1.16 bits per heavy atom. The molecular formula is C35H46NO8. The molecule has 5 rings (SSSR count). The average Bonchev–Trinajstić information content (AvgIpc) is 3.83. The zero-order chi connectivity index (χ0) is 31.6. The van der Waals surface area contributed by atoms with Gasteiger partial charge in [0.1, 0.15) is 30.3 Å². The number of fused-ring (bicyclic) bond motifs is 4. The van der Waals surface area contributed by atoms with Crippen LogP contribution in [-0.4, -0.2) is 66.3 Å². The van der Waals surface area contributed by atoms with Crippen molar-refractivity contribution in [3.63, 3.8) is 0 Å². The molecule has 0 saturated carbocycles. The quantitative estimate of drug-likeness (QED) is 0.162. The molecule has 239 valence electrons. The molecule has 3 saturated heterocycles. The van der Waals surface area contributed by atoms with Gasteiger partial charge in [-0.15, -0.1) is 0 Å². The van der Waals surface area contributed by atoms with Crippen LogP contribution in [0.25, 0.3) is 6.08 Å². The number of hydrogen-bond acceptors (Lipinski definition) is 9. The van der Waals surface area contributed by atoms with Crippen LogP contribution in [0.5, 0.6) is 0 Å². The Hall–Kier alpha value is -3.01. The van der Waals surface area contributed by atoms with Gasteiger partial charge in [-0.05, 0) is 69.6 Å². The van der Waals surface area contributed by atoms with Gasteiger partial charge in [-0.25, -0.2) is 9.78 Å². The van der Waals surface area contributed by atoms with E-state index in [1.54, 1.807) is 13.4 Å². The lowest BCUT2D eigenvalue weighted by Gasteiger charge is -2.32. The van der Waals surface area contributed by atoms with Crippen LogP contribution in [0, 0.1) is 31.1 Å². The van der Waals surface area contributed by atoms with Crippen molar-refractivity contribution < 1.29 is 37.7 Å². The maximum Gasteiger partial charge on any atom is 0.338 e. The number of hydrogen-bond donors (Lipinski definition) is 0. The second-order valence-electron chi connectivity index (χ2n) is 13.0. The molecule has 4 aliphatic heterocycles. The summed E-state index contributed by atoms with van der Waals surface area (Å²) >= 11 is 0. The zero-order valence-electron chi connectivity index (χ0n) is 26.9. The number of rotatable bonds is 7. The van der Waals surface area contributed by atoms with Crippen molar-refractivity contribution in [2.24, 2.45) is 17.8 Å². The molecule has 9 nitrogen and oxygen atoms in total. The molecule has 0 unspecified atom stereocenters. The lowest BCUT2D eigenvalue weighted by atomic mass is 9.85. The maximum atomic E-state index is 13.3. The normalized spacial score (nSPS) is 36.9. The van der Waals surface area contributed by atoms with Crippen LogP contribution in [-0.2, 0) is 33.3 Å². The predicted octanol–water partition coefficient (Wildman–Crippen LogP) is 5.89. The Balaban J connectivity index is 1.30. The van der Waals surface area contributed by atoms with E-state index >= 15 is 0 Å². The maximum absolute atomic E-state index is 13.3. The number of cyclic esters (lactones) is 1. The van der Waals surface area contributed by atoms with Crippen LogP contribution in [0.1, 0.15) is 71.9 Å². The van der Waals surface area contributed by atoms with E-state index in [1.165, 1.54) is 0 Å². The molecule has 0 N–H and O–H groups in total. The number of oxazole rings is 1. The Morgan fingerprint density at radius 3 is 2.66 bits per heavy atom. The van der Waals surface area contributed by atoms with Crippen LogP contribution < -0.4 is 0 Å². The molecule has 1 aromatic heterocycles. The fraction of sp³-hybridized carbons (Fsp3) is 0.600. The number of carbonyl (C=O) groups is 2. The highest BCUT2D eigenvalue weighted by Crippen LogP contribution is 2.43. The number of epoxide rings is 2. The van der Waals surface area contributed by atoms with Crippen molar-refractivity contribution in [1.29, 1.82) is 0 Å². The van der Waals surface area contributed by atoms with Crippen molar-refractivity contribution >= 4 is 18.0 Å². The fourth-order valence-corrected chi connectivity index (χ4v) is 6.43. The summed E-state index contributed by atoms with van der Waals surface area (Å²) in [5.74, 6) is 0.0886. The van der Waals surface area contributed by atoms with Gasteiger partial charge < -0.3 is 28.1 Å². The third-order valence-corrected chi connectivity index (χ3v) is 9.27. The van der Waals surface area contributed by atoms with E-state index in [0.717, 1.165) is 23.3 Å². The molecule has 0 amide bonds. The van der Waals surface area contributed by atoms with Crippen molar-refractivity contribution in [2.75, 3.05) is 7.11 Å². The number of nitrogens with zero attached hydrogens (tertiary/aromatic N) is 1. The molecule has 0 aliphatic carbocycles. The SMILES string of the molecule is CO[C@@H](/C(C)=C/C=C/C(C)=C/c1coc(C)n1)[C@@H](C)[C@H]1C[CH][C@@]2(C)O[C@@H]2/C=C/[C@@H](C)[C@H]2C[C@@H](CC(=O)O2)C[C@H]2O[C@H]2C(=O)O1. The summed E-state index contributed by atoms with van der Waals surface area (Å²) < 4.78 is 34.9. The number of methoxy groups -OCH3 is 1. The number of ether oxygens (including phenoxy) is 5. The van der Waals surface area contributed by atoms with E-state index in [1.807, 2.05) is 58.9 Å². The first-order valence-corrected chi connectivity index (χ1v) is 15.7. The monoisotopic (exact) mass is 608 g/mol. The van der Waals surface area contributed by atoms with Gasteiger partial charge in [0.15, 0.2) is 12.0 Å². The lowest BCUT2D eigenvalue weighted by Crippen LogP contribution is -2.37. The van der Waals surface area contributed by atoms with Gasteiger partial charge in [0.05, 0.1) is 17.8 Å². The van der Waals surface area contributed by atoms with E-state index in [-0.39, 0.29) is 54.1 Å². The Bertz CT molecular complexity index is 1330. The molecule has 4 aliphatic rings. The molecule has 1 aromatic rings. The number of allylic oxidation sites excluding steroid dienone is 4. The lowest BCUT2D eigenvalue weighted by molar-refractivity contribution is -0.159. The number of aromatic nitrogens is 1. The highest BCUT2D eigenvalue weighted by atomic mass is 16.6. The minimum absolute atomic E-state index is 0.0637. The molecule has 10 atom stereocenters. The Labute approximate surface area is 260 Å². The van der Waals surface area contributed by atoms with Crippen molar-refractivity contribution in [2.45, 2.75) is 109 Å². The number of carbonyl (C=O) groups excluding carboxylic acids is 2. The van der Waals surface area contributed by atoms with Crippen molar-refractivity contribution in [3.8, 4) is 0 Å². The molecule has 3 fully saturated rings. The summed E-state index contributed by atoms with van der Waals surface area (Å²) in [4.78, 5) is 30.0.